The summed E-state index contributed by atoms with van der Waals surface area (Å²) in [6.07, 6.45) is 5.67. The first-order valence-electron chi connectivity index (χ1n) is 11.5. The summed E-state index contributed by atoms with van der Waals surface area (Å²) in [5.74, 6) is 0.961. The summed E-state index contributed by atoms with van der Waals surface area (Å²) in [6.45, 7) is 6.04. The van der Waals surface area contributed by atoms with Crippen molar-refractivity contribution < 1.29 is 0 Å². The van der Waals surface area contributed by atoms with Crippen molar-refractivity contribution in [2.24, 2.45) is 4.99 Å². The zero-order chi connectivity index (χ0) is 22.9. The number of aromatic nitrogens is 3. The average Bonchev–Trinajstić information content (AvgIpc) is 2.90. The van der Waals surface area contributed by atoms with Crippen LogP contribution >= 0.6 is 0 Å². The molecule has 33 heavy (non-hydrogen) atoms. The lowest BCUT2D eigenvalue weighted by Gasteiger charge is -2.12. The number of amidine groups is 1. The summed E-state index contributed by atoms with van der Waals surface area (Å²) in [7, 11) is 0. The Morgan fingerprint density at radius 2 is 1.36 bits per heavy atom. The second kappa shape index (κ2) is 11.1. The number of benzene rings is 1. The molecule has 3 heterocycles. The Morgan fingerprint density at radius 3 is 1.88 bits per heavy atom. The second-order valence-electron chi connectivity index (χ2n) is 7.79. The van der Waals surface area contributed by atoms with E-state index in [1.165, 1.54) is 0 Å². The predicted molar refractivity (Wildman–Crippen MR) is 136 cm³/mol. The number of nitrogens with zero attached hydrogens (tertiary/aromatic N) is 4. The normalized spacial score (nSPS) is 11.4. The molecule has 1 aromatic carbocycles. The number of rotatable bonds is 8. The molecule has 0 saturated carbocycles. The molecule has 5 heteroatoms. The predicted octanol–water partition coefficient (Wildman–Crippen LogP) is 6.03. The van der Waals surface area contributed by atoms with Crippen molar-refractivity contribution in [2.45, 2.75) is 26.7 Å². The van der Waals surface area contributed by atoms with E-state index < -0.39 is 0 Å². The van der Waals surface area contributed by atoms with Crippen molar-refractivity contribution in [1.29, 1.82) is 0 Å². The molecule has 0 atom stereocenters. The van der Waals surface area contributed by atoms with Gasteiger partial charge in [0.25, 0.3) is 0 Å². The Balaban J connectivity index is 1.73. The standard InChI is InChI=1S/C28H29N5/c1-3-15-31-28(32-16-4-2)22-13-11-21(12-14-22)23-19-26(24-9-5-7-17-29-24)33-27(20-23)25-10-6-8-18-30-25/h5-14,17-20H,3-4,15-16H2,1-2H3,(H,31,32). The fraction of sp³-hybridized carbons (Fsp3) is 0.214. The molecule has 0 amide bonds. The van der Waals surface area contributed by atoms with Gasteiger partial charge in [-0.2, -0.15) is 0 Å². The molecule has 5 nitrogen and oxygen atoms in total. The highest BCUT2D eigenvalue weighted by Crippen LogP contribution is 2.29. The number of nitrogens with one attached hydrogen (secondary N) is 1. The molecule has 0 radical (unpaired) electrons. The molecule has 0 bridgehead atoms. The van der Waals surface area contributed by atoms with Crippen LogP contribution < -0.4 is 5.32 Å². The Labute approximate surface area is 195 Å². The van der Waals surface area contributed by atoms with Crippen LogP contribution in [0.25, 0.3) is 33.9 Å². The van der Waals surface area contributed by atoms with Crippen molar-refractivity contribution in [3.63, 3.8) is 0 Å². The lowest BCUT2D eigenvalue weighted by molar-refractivity contribution is 0.827. The highest BCUT2D eigenvalue weighted by molar-refractivity contribution is 5.99. The van der Waals surface area contributed by atoms with Gasteiger partial charge >= 0.3 is 0 Å². The van der Waals surface area contributed by atoms with Crippen LogP contribution in [0.3, 0.4) is 0 Å². The summed E-state index contributed by atoms with van der Waals surface area (Å²) in [6, 6.07) is 24.5. The molecule has 0 unspecified atom stereocenters. The van der Waals surface area contributed by atoms with Gasteiger partial charge in [0.05, 0.1) is 22.8 Å². The largest absolute Gasteiger partial charge is 0.370 e. The van der Waals surface area contributed by atoms with E-state index in [2.05, 4.69) is 65.5 Å². The third-order valence-corrected chi connectivity index (χ3v) is 5.21. The summed E-state index contributed by atoms with van der Waals surface area (Å²) in [5, 5.41) is 3.46. The fourth-order valence-corrected chi connectivity index (χ4v) is 3.53. The minimum atomic E-state index is 0.818. The molecule has 0 fully saturated rings. The lowest BCUT2D eigenvalue weighted by Crippen LogP contribution is -2.25. The monoisotopic (exact) mass is 435 g/mol. The van der Waals surface area contributed by atoms with Crippen molar-refractivity contribution >= 4 is 5.84 Å². The van der Waals surface area contributed by atoms with E-state index in [0.717, 1.165) is 71.2 Å². The quantitative estimate of drug-likeness (QED) is 0.271. The summed E-state index contributed by atoms with van der Waals surface area (Å²) in [5.41, 5.74) is 6.62. The van der Waals surface area contributed by atoms with Crippen LogP contribution in [0.15, 0.2) is 90.2 Å². The van der Waals surface area contributed by atoms with Crippen LogP contribution in [0.2, 0.25) is 0 Å². The van der Waals surface area contributed by atoms with E-state index in [1.54, 1.807) is 12.4 Å². The van der Waals surface area contributed by atoms with Gasteiger partial charge in [-0.1, -0.05) is 50.2 Å². The molecular formula is C28H29N5. The number of pyridine rings is 3. The van der Waals surface area contributed by atoms with Crippen LogP contribution in [0.5, 0.6) is 0 Å². The van der Waals surface area contributed by atoms with Gasteiger partial charge in [0.2, 0.25) is 0 Å². The maximum Gasteiger partial charge on any atom is 0.128 e. The van der Waals surface area contributed by atoms with Gasteiger partial charge in [0.1, 0.15) is 5.84 Å². The third-order valence-electron chi connectivity index (χ3n) is 5.21. The first-order chi connectivity index (χ1) is 16.3. The minimum absolute atomic E-state index is 0.818. The van der Waals surface area contributed by atoms with Crippen LogP contribution in [-0.2, 0) is 0 Å². The smallest absolute Gasteiger partial charge is 0.128 e. The zero-order valence-electron chi connectivity index (χ0n) is 19.2. The van der Waals surface area contributed by atoms with E-state index in [-0.39, 0.29) is 0 Å². The van der Waals surface area contributed by atoms with E-state index in [0.29, 0.717) is 0 Å². The topological polar surface area (TPSA) is 63.1 Å². The molecular weight excluding hydrogens is 406 g/mol. The van der Waals surface area contributed by atoms with Gasteiger partial charge in [0.15, 0.2) is 0 Å². The molecule has 0 saturated heterocycles. The van der Waals surface area contributed by atoms with Gasteiger partial charge in [-0.15, -0.1) is 0 Å². The Morgan fingerprint density at radius 1 is 0.727 bits per heavy atom. The van der Waals surface area contributed by atoms with Gasteiger partial charge in [-0.3, -0.25) is 15.0 Å². The lowest BCUT2D eigenvalue weighted by atomic mass is 10.0. The van der Waals surface area contributed by atoms with Crippen molar-refractivity contribution in [3.8, 4) is 33.9 Å². The van der Waals surface area contributed by atoms with E-state index in [9.17, 15) is 0 Å². The first kappa shape index (κ1) is 22.3. The Bertz CT molecular complexity index is 1130. The van der Waals surface area contributed by atoms with E-state index in [1.807, 2.05) is 36.4 Å². The molecule has 4 rings (SSSR count). The maximum atomic E-state index is 4.86. The number of aliphatic imine (C=N–C) groups is 1. The third kappa shape index (κ3) is 5.69. The molecule has 4 aromatic rings. The molecule has 0 aliphatic heterocycles. The Hall–Kier alpha value is -3.86. The van der Waals surface area contributed by atoms with Gasteiger partial charge < -0.3 is 5.32 Å². The van der Waals surface area contributed by atoms with Crippen molar-refractivity contribution in [3.05, 3.63) is 90.8 Å². The van der Waals surface area contributed by atoms with Crippen molar-refractivity contribution in [2.75, 3.05) is 13.1 Å². The molecule has 0 spiro atoms. The zero-order valence-corrected chi connectivity index (χ0v) is 19.2. The highest BCUT2D eigenvalue weighted by Gasteiger charge is 2.11. The van der Waals surface area contributed by atoms with Gasteiger partial charge in [-0.05, 0) is 60.4 Å². The molecule has 3 aromatic heterocycles. The summed E-state index contributed by atoms with van der Waals surface area (Å²) < 4.78 is 0. The van der Waals surface area contributed by atoms with Gasteiger partial charge in [0, 0.05) is 31.0 Å². The molecule has 0 aliphatic carbocycles. The van der Waals surface area contributed by atoms with Crippen LogP contribution in [0, 0.1) is 0 Å². The molecule has 166 valence electrons. The second-order valence-corrected chi connectivity index (χ2v) is 7.79. The molecule has 0 aliphatic rings. The fourth-order valence-electron chi connectivity index (χ4n) is 3.53. The van der Waals surface area contributed by atoms with Crippen LogP contribution in [-0.4, -0.2) is 33.9 Å². The SMILES string of the molecule is CCCN=C(NCCC)c1ccc(-c2cc(-c3ccccn3)nc(-c3ccccn3)c2)cc1. The number of hydrogen-bond donors (Lipinski definition) is 1. The van der Waals surface area contributed by atoms with Gasteiger partial charge in [-0.25, -0.2) is 4.98 Å². The summed E-state index contributed by atoms with van der Waals surface area (Å²) >= 11 is 0. The van der Waals surface area contributed by atoms with Crippen LogP contribution in [0.4, 0.5) is 0 Å². The first-order valence-corrected chi connectivity index (χ1v) is 11.5. The maximum absolute atomic E-state index is 4.86. The summed E-state index contributed by atoms with van der Waals surface area (Å²) in [4.78, 5) is 18.6. The highest BCUT2D eigenvalue weighted by atomic mass is 15.0. The van der Waals surface area contributed by atoms with E-state index in [4.69, 9.17) is 9.98 Å². The van der Waals surface area contributed by atoms with Crippen LogP contribution in [0.1, 0.15) is 32.3 Å². The average molecular weight is 436 g/mol. The Kier molecular flexibility index (Phi) is 7.54. The van der Waals surface area contributed by atoms with Crippen molar-refractivity contribution in [1.82, 2.24) is 20.3 Å². The molecule has 1 N–H and O–H groups in total. The van der Waals surface area contributed by atoms with E-state index >= 15 is 0 Å². The minimum Gasteiger partial charge on any atom is -0.370 e. The number of hydrogen-bond acceptors (Lipinski definition) is 4.